The molecule has 2 N–H and O–H groups in total. The second-order valence-corrected chi connectivity index (χ2v) is 3.06. The molecule has 0 spiro atoms. The van der Waals surface area contributed by atoms with Gasteiger partial charge in [-0.3, -0.25) is 0 Å². The summed E-state index contributed by atoms with van der Waals surface area (Å²) in [5.41, 5.74) is 5.42. The van der Waals surface area contributed by atoms with E-state index in [1.807, 2.05) is 13.8 Å². The topological polar surface area (TPSA) is 26.0 Å². The van der Waals surface area contributed by atoms with E-state index < -0.39 is 12.6 Å². The average Bonchev–Trinajstić information content (AvgIpc) is 1.80. The van der Waals surface area contributed by atoms with Gasteiger partial charge < -0.3 is 5.73 Å². The fourth-order valence-corrected chi connectivity index (χ4v) is 0.664. The van der Waals surface area contributed by atoms with Gasteiger partial charge >= 0.3 is 6.18 Å². The molecule has 0 fully saturated rings. The quantitative estimate of drug-likeness (QED) is 0.689. The van der Waals surface area contributed by atoms with Crippen LogP contribution in [0.4, 0.5) is 13.2 Å². The van der Waals surface area contributed by atoms with Crippen LogP contribution in [0.15, 0.2) is 0 Å². The van der Waals surface area contributed by atoms with Crippen LogP contribution in [0.1, 0.15) is 26.7 Å². The van der Waals surface area contributed by atoms with Gasteiger partial charge in [-0.25, -0.2) is 0 Å². The maximum atomic E-state index is 11.6. The second-order valence-electron chi connectivity index (χ2n) is 3.06. The molecule has 1 atom stereocenters. The predicted octanol–water partition coefficient (Wildman–Crippen LogP) is 2.31. The van der Waals surface area contributed by atoms with Gasteiger partial charge in [-0.1, -0.05) is 13.8 Å². The summed E-state index contributed by atoms with van der Waals surface area (Å²) in [5, 5.41) is 0. The first-order valence-electron chi connectivity index (χ1n) is 3.65. The third kappa shape index (κ3) is 6.16. The van der Waals surface area contributed by atoms with E-state index >= 15 is 0 Å². The standard InChI is InChI=1S/C7H14F3N/c1-5(2)6(11)3-4-7(8,9)10/h5-6H,3-4,11H2,1-2H3. The monoisotopic (exact) mass is 169 g/mol. The van der Waals surface area contributed by atoms with Gasteiger partial charge in [0.25, 0.3) is 0 Å². The molecule has 0 aromatic heterocycles. The van der Waals surface area contributed by atoms with Crippen LogP contribution in [0.25, 0.3) is 0 Å². The normalized spacial score (nSPS) is 15.5. The molecule has 0 aliphatic rings. The largest absolute Gasteiger partial charge is 0.389 e. The summed E-state index contributed by atoms with van der Waals surface area (Å²) in [4.78, 5) is 0. The summed E-state index contributed by atoms with van der Waals surface area (Å²) < 4.78 is 34.9. The van der Waals surface area contributed by atoms with Crippen LogP contribution < -0.4 is 5.73 Å². The van der Waals surface area contributed by atoms with Crippen molar-refractivity contribution in [2.24, 2.45) is 11.7 Å². The van der Waals surface area contributed by atoms with Crippen LogP contribution in [0.2, 0.25) is 0 Å². The Bertz CT molecular complexity index is 109. The van der Waals surface area contributed by atoms with Gasteiger partial charge in [-0.2, -0.15) is 13.2 Å². The zero-order valence-electron chi connectivity index (χ0n) is 6.78. The van der Waals surface area contributed by atoms with E-state index in [9.17, 15) is 13.2 Å². The Balaban J connectivity index is 3.54. The Kier molecular flexibility index (Phi) is 3.86. The Morgan fingerprint density at radius 1 is 1.27 bits per heavy atom. The summed E-state index contributed by atoms with van der Waals surface area (Å²) in [6, 6.07) is -0.336. The molecule has 0 aliphatic carbocycles. The molecule has 1 nitrogen and oxygen atoms in total. The summed E-state index contributed by atoms with van der Waals surface area (Å²) in [5.74, 6) is 0.123. The summed E-state index contributed by atoms with van der Waals surface area (Å²) >= 11 is 0. The van der Waals surface area contributed by atoms with Gasteiger partial charge in [0.05, 0.1) is 0 Å². The Labute approximate surface area is 64.8 Å². The Morgan fingerprint density at radius 3 is 2.00 bits per heavy atom. The molecule has 68 valence electrons. The number of halogens is 3. The lowest BCUT2D eigenvalue weighted by molar-refractivity contribution is -0.136. The van der Waals surface area contributed by atoms with Crippen molar-refractivity contribution in [1.29, 1.82) is 0 Å². The molecular weight excluding hydrogens is 155 g/mol. The van der Waals surface area contributed by atoms with Crippen LogP contribution in [0, 0.1) is 5.92 Å². The average molecular weight is 169 g/mol. The van der Waals surface area contributed by atoms with Crippen LogP contribution in [-0.2, 0) is 0 Å². The van der Waals surface area contributed by atoms with Crippen molar-refractivity contribution in [3.63, 3.8) is 0 Å². The van der Waals surface area contributed by atoms with Crippen molar-refractivity contribution in [2.45, 2.75) is 38.9 Å². The Morgan fingerprint density at radius 2 is 1.73 bits per heavy atom. The van der Waals surface area contributed by atoms with E-state index in [0.29, 0.717) is 0 Å². The first-order chi connectivity index (χ1) is 4.83. The molecular formula is C7H14F3N. The number of nitrogens with two attached hydrogens (primary N) is 1. The second kappa shape index (κ2) is 3.95. The van der Waals surface area contributed by atoms with Gasteiger partial charge in [-0.15, -0.1) is 0 Å². The van der Waals surface area contributed by atoms with Crippen molar-refractivity contribution in [3.8, 4) is 0 Å². The minimum atomic E-state index is -4.06. The molecule has 11 heavy (non-hydrogen) atoms. The molecule has 0 saturated heterocycles. The van der Waals surface area contributed by atoms with Crippen LogP contribution in [0.5, 0.6) is 0 Å². The van der Waals surface area contributed by atoms with E-state index in [4.69, 9.17) is 5.73 Å². The molecule has 4 heteroatoms. The van der Waals surface area contributed by atoms with E-state index in [2.05, 4.69) is 0 Å². The number of hydrogen-bond acceptors (Lipinski definition) is 1. The molecule has 0 heterocycles. The Hall–Kier alpha value is -0.250. The zero-order chi connectivity index (χ0) is 9.07. The van der Waals surface area contributed by atoms with Gasteiger partial charge in [0.1, 0.15) is 0 Å². The summed E-state index contributed by atoms with van der Waals surface area (Å²) in [7, 11) is 0. The highest BCUT2D eigenvalue weighted by atomic mass is 19.4. The lowest BCUT2D eigenvalue weighted by atomic mass is 10.0. The smallest absolute Gasteiger partial charge is 0.327 e. The van der Waals surface area contributed by atoms with Crippen LogP contribution in [0.3, 0.4) is 0 Å². The maximum Gasteiger partial charge on any atom is 0.389 e. The zero-order valence-corrected chi connectivity index (χ0v) is 6.78. The minimum Gasteiger partial charge on any atom is -0.327 e. The third-order valence-electron chi connectivity index (χ3n) is 1.62. The van der Waals surface area contributed by atoms with Crippen LogP contribution >= 0.6 is 0 Å². The molecule has 1 unspecified atom stereocenters. The maximum absolute atomic E-state index is 11.6. The summed E-state index contributed by atoms with van der Waals surface area (Å²) in [6.45, 7) is 3.64. The van der Waals surface area contributed by atoms with Gasteiger partial charge in [0, 0.05) is 12.5 Å². The third-order valence-corrected chi connectivity index (χ3v) is 1.62. The number of hydrogen-bond donors (Lipinski definition) is 1. The first-order valence-corrected chi connectivity index (χ1v) is 3.65. The summed E-state index contributed by atoms with van der Waals surface area (Å²) in [6.07, 6.45) is -4.81. The molecule has 0 radical (unpaired) electrons. The molecule has 0 rings (SSSR count). The van der Waals surface area contributed by atoms with E-state index in [1.165, 1.54) is 0 Å². The minimum absolute atomic E-state index is 0.0289. The highest BCUT2D eigenvalue weighted by Gasteiger charge is 2.27. The molecule has 0 saturated carbocycles. The lowest BCUT2D eigenvalue weighted by Gasteiger charge is -2.15. The van der Waals surface area contributed by atoms with Crippen molar-refractivity contribution >= 4 is 0 Å². The lowest BCUT2D eigenvalue weighted by Crippen LogP contribution is -2.28. The fraction of sp³-hybridized carbons (Fsp3) is 1.00. The molecule has 0 aliphatic heterocycles. The fourth-order valence-electron chi connectivity index (χ4n) is 0.664. The van der Waals surface area contributed by atoms with E-state index in [0.717, 1.165) is 0 Å². The van der Waals surface area contributed by atoms with Crippen molar-refractivity contribution in [1.82, 2.24) is 0 Å². The number of rotatable bonds is 3. The molecule has 0 bridgehead atoms. The van der Waals surface area contributed by atoms with Gasteiger partial charge in [-0.05, 0) is 12.3 Å². The van der Waals surface area contributed by atoms with Crippen molar-refractivity contribution in [2.75, 3.05) is 0 Å². The molecule has 0 aromatic rings. The van der Waals surface area contributed by atoms with E-state index in [-0.39, 0.29) is 18.4 Å². The molecule has 0 amide bonds. The van der Waals surface area contributed by atoms with Crippen molar-refractivity contribution < 1.29 is 13.2 Å². The van der Waals surface area contributed by atoms with Crippen molar-refractivity contribution in [3.05, 3.63) is 0 Å². The highest BCUT2D eigenvalue weighted by molar-refractivity contribution is 4.67. The SMILES string of the molecule is CC(C)C(N)CCC(F)(F)F. The van der Waals surface area contributed by atoms with Gasteiger partial charge in [0.2, 0.25) is 0 Å². The molecule has 0 aromatic carbocycles. The van der Waals surface area contributed by atoms with Crippen LogP contribution in [-0.4, -0.2) is 12.2 Å². The highest BCUT2D eigenvalue weighted by Crippen LogP contribution is 2.23. The number of alkyl halides is 3. The van der Waals surface area contributed by atoms with Gasteiger partial charge in [0.15, 0.2) is 0 Å². The van der Waals surface area contributed by atoms with E-state index in [1.54, 1.807) is 0 Å². The predicted molar refractivity (Wildman–Crippen MR) is 38.1 cm³/mol. The first kappa shape index (κ1) is 10.8.